The van der Waals surface area contributed by atoms with Gasteiger partial charge in [-0.2, -0.15) is 0 Å². The molecule has 2 aromatic carbocycles. The largest absolute Gasteiger partial charge is 0.493 e. The second kappa shape index (κ2) is 9.79. The number of anilines is 2. The Kier molecular flexibility index (Phi) is 6.79. The predicted octanol–water partition coefficient (Wildman–Crippen LogP) is 3.45. The highest BCUT2D eigenvalue weighted by Crippen LogP contribution is 2.48. The van der Waals surface area contributed by atoms with Crippen LogP contribution in [0.15, 0.2) is 41.2 Å². The average Bonchev–Trinajstić information content (AvgIpc) is 3.18. The van der Waals surface area contributed by atoms with Crippen LogP contribution in [-0.4, -0.2) is 44.9 Å². The summed E-state index contributed by atoms with van der Waals surface area (Å²) in [5.74, 6) is -0.535. The van der Waals surface area contributed by atoms with Crippen LogP contribution < -0.4 is 24.0 Å². The monoisotopic (exact) mass is 502 g/mol. The smallest absolute Gasteiger partial charge is 0.325 e. The van der Waals surface area contributed by atoms with Crippen molar-refractivity contribution in [2.45, 2.75) is 18.9 Å². The van der Waals surface area contributed by atoms with Gasteiger partial charge in [0.05, 0.1) is 39.0 Å². The van der Waals surface area contributed by atoms with Gasteiger partial charge in [-0.05, 0) is 42.0 Å². The van der Waals surface area contributed by atoms with Gasteiger partial charge in [0.2, 0.25) is 11.7 Å². The normalized spacial score (nSPS) is 14.9. The summed E-state index contributed by atoms with van der Waals surface area (Å²) in [5.41, 5.74) is 1.04. The van der Waals surface area contributed by atoms with E-state index >= 15 is 0 Å². The van der Waals surface area contributed by atoms with E-state index in [0.717, 1.165) is 11.3 Å². The summed E-state index contributed by atoms with van der Waals surface area (Å²) in [6, 6.07) is 8.80. The molecule has 0 spiro atoms. The molecule has 1 unspecified atom stereocenters. The predicted molar refractivity (Wildman–Crippen MR) is 127 cm³/mol. The zero-order valence-corrected chi connectivity index (χ0v) is 20.3. The minimum atomic E-state index is -0.644. The molecule has 0 aliphatic carbocycles. The number of amides is 1. The van der Waals surface area contributed by atoms with Crippen LogP contribution in [0, 0.1) is 5.82 Å². The first-order chi connectivity index (χ1) is 16.8. The molecule has 0 saturated heterocycles. The van der Waals surface area contributed by atoms with Crippen molar-refractivity contribution >= 4 is 34.7 Å². The number of rotatable bonds is 7. The van der Waals surface area contributed by atoms with Gasteiger partial charge in [-0.1, -0.05) is 11.3 Å². The van der Waals surface area contributed by atoms with Gasteiger partial charge in [0, 0.05) is 12.3 Å². The van der Waals surface area contributed by atoms with Crippen LogP contribution >= 0.6 is 11.3 Å². The third kappa shape index (κ3) is 4.34. The Hall–Kier alpha value is -3.86. The lowest BCUT2D eigenvalue weighted by Gasteiger charge is -2.33. The number of benzene rings is 2. The zero-order chi connectivity index (χ0) is 25.3. The highest BCUT2D eigenvalue weighted by atomic mass is 32.1. The van der Waals surface area contributed by atoms with Gasteiger partial charge in [-0.3, -0.25) is 23.9 Å². The molecule has 0 saturated carbocycles. The number of nitrogens with zero attached hydrogens (tertiary/aromatic N) is 2. The molecule has 11 heteroatoms. The number of fused-ring (bicyclic) bond motifs is 1. The molecular formula is C24H23FN2O7S. The van der Waals surface area contributed by atoms with Crippen molar-refractivity contribution in [3.05, 3.63) is 62.3 Å². The molecule has 1 aliphatic rings. The van der Waals surface area contributed by atoms with E-state index in [2.05, 4.69) is 0 Å². The summed E-state index contributed by atoms with van der Waals surface area (Å²) in [6.45, 7) is -0.381. The summed E-state index contributed by atoms with van der Waals surface area (Å²) in [7, 11) is 5.68. The summed E-state index contributed by atoms with van der Waals surface area (Å²) in [4.78, 5) is 40.1. The van der Waals surface area contributed by atoms with E-state index in [9.17, 15) is 18.8 Å². The van der Waals surface area contributed by atoms with E-state index in [1.165, 1.54) is 62.2 Å². The van der Waals surface area contributed by atoms with E-state index < -0.39 is 22.6 Å². The average molecular weight is 503 g/mol. The Morgan fingerprint density at radius 2 is 1.66 bits per heavy atom. The third-order valence-electron chi connectivity index (χ3n) is 5.74. The molecule has 35 heavy (non-hydrogen) atoms. The van der Waals surface area contributed by atoms with Crippen LogP contribution in [0.5, 0.6) is 17.2 Å². The first-order valence-corrected chi connectivity index (χ1v) is 11.3. The van der Waals surface area contributed by atoms with Crippen molar-refractivity contribution < 1.29 is 32.9 Å². The van der Waals surface area contributed by atoms with E-state index in [-0.39, 0.29) is 24.7 Å². The lowest BCUT2D eigenvalue weighted by Crippen LogP contribution is -2.36. The number of carbonyl (C=O) groups is 2. The second-order valence-corrected chi connectivity index (χ2v) is 8.63. The van der Waals surface area contributed by atoms with Gasteiger partial charge in [-0.25, -0.2) is 4.39 Å². The minimum absolute atomic E-state index is 0.0151. The van der Waals surface area contributed by atoms with Crippen molar-refractivity contribution in [2.24, 2.45) is 0 Å². The number of methoxy groups -OCH3 is 4. The van der Waals surface area contributed by atoms with Crippen LogP contribution in [0.4, 0.5) is 15.9 Å². The molecule has 4 rings (SSSR count). The Balaban J connectivity index is 1.94. The number of esters is 1. The van der Waals surface area contributed by atoms with Crippen LogP contribution in [0.1, 0.15) is 22.8 Å². The van der Waals surface area contributed by atoms with Crippen LogP contribution in [0.2, 0.25) is 0 Å². The van der Waals surface area contributed by atoms with Crippen molar-refractivity contribution in [3.8, 4) is 17.2 Å². The number of carbonyl (C=O) groups excluding carboxylic acids is 2. The summed E-state index contributed by atoms with van der Waals surface area (Å²) < 4.78 is 35.9. The molecule has 1 aliphatic heterocycles. The summed E-state index contributed by atoms with van der Waals surface area (Å²) >= 11 is 0.931. The number of thiazole rings is 1. The Labute approximate surface area is 204 Å². The third-order valence-corrected chi connectivity index (χ3v) is 6.82. The molecule has 9 nitrogen and oxygen atoms in total. The summed E-state index contributed by atoms with van der Waals surface area (Å²) in [6.07, 6.45) is 0.0151. The number of hydrogen-bond acceptors (Lipinski definition) is 8. The van der Waals surface area contributed by atoms with Gasteiger partial charge in [0.25, 0.3) is 0 Å². The fourth-order valence-corrected chi connectivity index (χ4v) is 5.21. The van der Waals surface area contributed by atoms with E-state index in [0.29, 0.717) is 33.4 Å². The van der Waals surface area contributed by atoms with Crippen LogP contribution in [0.25, 0.3) is 0 Å². The quantitative estimate of drug-likeness (QED) is 0.457. The standard InChI is InChI=1S/C24H23FN2O7S/c1-31-17-9-13(10-18(32-2)21(17)34-4)16-11-19(28)27(15-7-5-14(25)6-8-15)23-22(16)35-24(30)26(23)12-20(29)33-3/h5-10,16H,11-12H2,1-4H3. The van der Waals surface area contributed by atoms with E-state index in [1.807, 2.05) is 0 Å². The van der Waals surface area contributed by atoms with E-state index in [1.54, 1.807) is 12.1 Å². The first-order valence-electron chi connectivity index (χ1n) is 10.5. The number of aromatic nitrogens is 1. The molecule has 1 amide bonds. The number of halogens is 1. The molecular weight excluding hydrogens is 479 g/mol. The Bertz CT molecular complexity index is 1310. The highest BCUT2D eigenvalue weighted by molar-refractivity contribution is 7.10. The van der Waals surface area contributed by atoms with Crippen molar-refractivity contribution in [1.29, 1.82) is 0 Å². The van der Waals surface area contributed by atoms with Crippen molar-refractivity contribution in [1.82, 2.24) is 4.57 Å². The van der Waals surface area contributed by atoms with Gasteiger partial charge >= 0.3 is 10.8 Å². The molecule has 3 aromatic rings. The maximum absolute atomic E-state index is 13.6. The summed E-state index contributed by atoms with van der Waals surface area (Å²) in [5, 5.41) is 0. The lowest BCUT2D eigenvalue weighted by atomic mass is 9.89. The van der Waals surface area contributed by atoms with Crippen molar-refractivity contribution in [3.63, 3.8) is 0 Å². The molecule has 0 bridgehead atoms. The number of ether oxygens (including phenoxy) is 4. The minimum Gasteiger partial charge on any atom is -0.493 e. The maximum Gasteiger partial charge on any atom is 0.325 e. The molecule has 0 radical (unpaired) electrons. The van der Waals surface area contributed by atoms with E-state index in [4.69, 9.17) is 18.9 Å². The zero-order valence-electron chi connectivity index (χ0n) is 19.5. The van der Waals surface area contributed by atoms with Gasteiger partial charge < -0.3 is 18.9 Å². The SMILES string of the molecule is COC(=O)Cn1c2c(sc1=O)C(c1cc(OC)c(OC)c(OC)c1)CC(=O)N2c1ccc(F)cc1. The number of hydrogen-bond donors (Lipinski definition) is 0. The molecule has 0 N–H and O–H groups in total. The first kappa shape index (κ1) is 24.3. The second-order valence-electron chi connectivity index (χ2n) is 7.64. The topological polar surface area (TPSA) is 96.3 Å². The van der Waals surface area contributed by atoms with Crippen LogP contribution in [-0.2, 0) is 20.9 Å². The molecule has 1 aromatic heterocycles. The highest BCUT2D eigenvalue weighted by Gasteiger charge is 2.39. The van der Waals surface area contributed by atoms with Crippen molar-refractivity contribution in [2.75, 3.05) is 33.3 Å². The van der Waals surface area contributed by atoms with Crippen LogP contribution in [0.3, 0.4) is 0 Å². The van der Waals surface area contributed by atoms with Gasteiger partial charge in [0.1, 0.15) is 18.2 Å². The lowest BCUT2D eigenvalue weighted by molar-refractivity contribution is -0.141. The fourth-order valence-electron chi connectivity index (χ4n) is 4.11. The van der Waals surface area contributed by atoms with Gasteiger partial charge in [0.15, 0.2) is 11.5 Å². The van der Waals surface area contributed by atoms with Gasteiger partial charge in [-0.15, -0.1) is 0 Å². The molecule has 0 fully saturated rings. The molecule has 1 atom stereocenters. The maximum atomic E-state index is 13.6. The molecule has 2 heterocycles. The fraction of sp³-hybridized carbons (Fsp3) is 0.292. The molecule has 184 valence electrons. The Morgan fingerprint density at radius 1 is 1.03 bits per heavy atom. The Morgan fingerprint density at radius 3 is 2.20 bits per heavy atom.